The summed E-state index contributed by atoms with van der Waals surface area (Å²) in [6.45, 7) is 3.03. The van der Waals surface area contributed by atoms with Gasteiger partial charge in [0, 0.05) is 47.8 Å². The van der Waals surface area contributed by atoms with Gasteiger partial charge in [0.15, 0.2) is 0 Å². The molecule has 4 aromatic rings. The number of hydrogen-bond acceptors (Lipinski definition) is 11. The molecule has 0 saturated carbocycles. The van der Waals surface area contributed by atoms with Gasteiger partial charge >= 0.3 is 18.5 Å². The molecule has 0 aliphatic heterocycles. The molecule has 2 atom stereocenters. The molecule has 0 bridgehead atoms. The fourth-order valence-corrected chi connectivity index (χ4v) is 5.33. The fraction of sp³-hybridized carbons (Fsp3) is 0.303. The summed E-state index contributed by atoms with van der Waals surface area (Å²) >= 11 is 0. The monoisotopic (exact) mass is 738 g/mol. The van der Waals surface area contributed by atoms with Crippen LogP contribution in [0.3, 0.4) is 0 Å². The van der Waals surface area contributed by atoms with Crippen LogP contribution in [0.2, 0.25) is 0 Å². The van der Waals surface area contributed by atoms with E-state index < -0.39 is 74.5 Å². The van der Waals surface area contributed by atoms with Crippen molar-refractivity contribution in [3.63, 3.8) is 0 Å². The number of carbonyl (C=O) groups excluding carboxylic acids is 1. The molecule has 52 heavy (non-hydrogen) atoms. The highest BCUT2D eigenvalue weighted by molar-refractivity contribution is 5.69. The van der Waals surface area contributed by atoms with E-state index in [9.17, 15) is 51.4 Å². The SMILES string of the molecule is COc1ncc(CC(C)c2cc([N+](=O)[O-])ccc2OC(=O)Oc2ccc([N+](=O)[O-])cc2C(C)Cc2cnc(OC)c(C(F)(F)F)c2)cc1C(F)(F)F. The van der Waals surface area contributed by atoms with Crippen LogP contribution in [0.5, 0.6) is 23.3 Å². The zero-order valence-electron chi connectivity index (χ0n) is 27.6. The number of methoxy groups -OCH3 is 2. The molecular formula is C33H28F6N4O9. The molecule has 0 aliphatic carbocycles. The van der Waals surface area contributed by atoms with Crippen molar-refractivity contribution in [2.75, 3.05) is 14.2 Å². The molecule has 0 spiro atoms. The van der Waals surface area contributed by atoms with Crippen molar-refractivity contribution in [2.45, 2.75) is 50.9 Å². The molecule has 2 unspecified atom stereocenters. The van der Waals surface area contributed by atoms with E-state index in [1.807, 2.05) is 0 Å². The van der Waals surface area contributed by atoms with Crippen LogP contribution in [0.25, 0.3) is 0 Å². The maximum atomic E-state index is 13.6. The topological polar surface area (TPSA) is 166 Å². The first-order chi connectivity index (χ1) is 24.3. The van der Waals surface area contributed by atoms with Gasteiger partial charge in [-0.2, -0.15) is 26.3 Å². The Hall–Kier alpha value is -6.01. The molecular weight excluding hydrogens is 710 g/mol. The summed E-state index contributed by atoms with van der Waals surface area (Å²) in [6.07, 6.45) is -9.01. The number of nitrogens with zero attached hydrogens (tertiary/aromatic N) is 4. The normalized spacial score (nSPS) is 12.8. The number of aromatic nitrogens is 2. The van der Waals surface area contributed by atoms with Gasteiger partial charge in [-0.3, -0.25) is 20.2 Å². The van der Waals surface area contributed by atoms with E-state index in [1.165, 1.54) is 13.8 Å². The summed E-state index contributed by atoms with van der Waals surface area (Å²) in [6, 6.07) is 8.01. The average Bonchev–Trinajstić information content (AvgIpc) is 3.07. The second kappa shape index (κ2) is 15.5. The maximum absolute atomic E-state index is 13.6. The highest BCUT2D eigenvalue weighted by Crippen LogP contribution is 2.40. The number of benzene rings is 2. The van der Waals surface area contributed by atoms with Crippen molar-refractivity contribution in [2.24, 2.45) is 0 Å². The molecule has 0 amide bonds. The number of rotatable bonds is 12. The van der Waals surface area contributed by atoms with Crippen LogP contribution in [0.1, 0.15) is 59.1 Å². The number of nitro groups is 2. The van der Waals surface area contributed by atoms with Gasteiger partial charge < -0.3 is 18.9 Å². The summed E-state index contributed by atoms with van der Waals surface area (Å²) in [5, 5.41) is 23.1. The largest absolute Gasteiger partial charge is 0.519 e. The Morgan fingerprint density at radius 1 is 0.692 bits per heavy atom. The van der Waals surface area contributed by atoms with Gasteiger partial charge in [-0.15, -0.1) is 0 Å². The van der Waals surface area contributed by atoms with Crippen LogP contribution in [0, 0.1) is 20.2 Å². The summed E-state index contributed by atoms with van der Waals surface area (Å²) in [5.41, 5.74) is -2.87. The lowest BCUT2D eigenvalue weighted by molar-refractivity contribution is -0.385. The minimum absolute atomic E-state index is 0.0419. The van der Waals surface area contributed by atoms with Crippen LogP contribution < -0.4 is 18.9 Å². The van der Waals surface area contributed by atoms with Crippen LogP contribution in [0.4, 0.5) is 42.5 Å². The maximum Gasteiger partial charge on any atom is 0.519 e. The number of carbonyl (C=O) groups is 1. The fourth-order valence-electron chi connectivity index (χ4n) is 5.33. The average molecular weight is 739 g/mol. The number of halogens is 6. The predicted molar refractivity (Wildman–Crippen MR) is 169 cm³/mol. The third-order valence-corrected chi connectivity index (χ3v) is 7.75. The van der Waals surface area contributed by atoms with Gasteiger partial charge in [-0.25, -0.2) is 14.8 Å². The van der Waals surface area contributed by atoms with Gasteiger partial charge in [0.1, 0.15) is 22.6 Å². The number of hydrogen-bond donors (Lipinski definition) is 0. The van der Waals surface area contributed by atoms with Gasteiger partial charge in [-0.1, -0.05) is 13.8 Å². The quantitative estimate of drug-likeness (QED) is 0.0449. The molecule has 0 fully saturated rings. The molecule has 2 aromatic carbocycles. The Balaban J connectivity index is 1.63. The second-order valence-electron chi connectivity index (χ2n) is 11.4. The van der Waals surface area contributed by atoms with E-state index in [-0.39, 0.29) is 46.6 Å². The van der Waals surface area contributed by atoms with Crippen molar-refractivity contribution in [1.82, 2.24) is 9.97 Å². The predicted octanol–water partition coefficient (Wildman–Crippen LogP) is 8.62. The first-order valence-electron chi connectivity index (χ1n) is 15.0. The van der Waals surface area contributed by atoms with Crippen molar-refractivity contribution in [3.05, 3.63) is 115 Å². The number of ether oxygens (including phenoxy) is 4. The lowest BCUT2D eigenvalue weighted by Crippen LogP contribution is -2.17. The minimum Gasteiger partial charge on any atom is -0.481 e. The van der Waals surface area contributed by atoms with Gasteiger partial charge in [0.25, 0.3) is 11.4 Å². The van der Waals surface area contributed by atoms with Crippen LogP contribution >= 0.6 is 0 Å². The van der Waals surface area contributed by atoms with Crippen molar-refractivity contribution < 1.29 is 59.9 Å². The molecule has 0 saturated heterocycles. The number of nitro benzene ring substituents is 2. The third-order valence-electron chi connectivity index (χ3n) is 7.75. The Morgan fingerprint density at radius 3 is 1.37 bits per heavy atom. The van der Waals surface area contributed by atoms with E-state index >= 15 is 0 Å². The van der Waals surface area contributed by atoms with Crippen LogP contribution in [0.15, 0.2) is 60.9 Å². The first-order valence-corrected chi connectivity index (χ1v) is 15.0. The lowest BCUT2D eigenvalue weighted by atomic mass is 9.92. The van der Waals surface area contributed by atoms with E-state index in [4.69, 9.17) is 18.9 Å². The van der Waals surface area contributed by atoms with Gasteiger partial charge in [-0.05, 0) is 60.1 Å². The summed E-state index contributed by atoms with van der Waals surface area (Å²) < 4.78 is 102. The Kier molecular flexibility index (Phi) is 11.5. The highest BCUT2D eigenvalue weighted by Gasteiger charge is 2.37. The van der Waals surface area contributed by atoms with E-state index in [1.54, 1.807) is 0 Å². The molecule has 276 valence electrons. The molecule has 2 heterocycles. The van der Waals surface area contributed by atoms with E-state index in [2.05, 4.69) is 9.97 Å². The van der Waals surface area contributed by atoms with Crippen LogP contribution in [-0.2, 0) is 25.2 Å². The number of pyridine rings is 2. The van der Waals surface area contributed by atoms with Crippen molar-refractivity contribution >= 4 is 17.5 Å². The molecule has 0 aliphatic rings. The smallest absolute Gasteiger partial charge is 0.481 e. The Bertz CT molecular complexity index is 1850. The van der Waals surface area contributed by atoms with Gasteiger partial charge in [0.2, 0.25) is 11.8 Å². The van der Waals surface area contributed by atoms with E-state index in [0.717, 1.165) is 75.1 Å². The van der Waals surface area contributed by atoms with Crippen LogP contribution in [-0.4, -0.2) is 40.2 Å². The van der Waals surface area contributed by atoms with Gasteiger partial charge in [0.05, 0.1) is 24.1 Å². The first kappa shape index (κ1) is 38.8. The zero-order chi connectivity index (χ0) is 38.5. The third kappa shape index (κ3) is 9.20. The summed E-state index contributed by atoms with van der Waals surface area (Å²) in [5.74, 6) is -3.40. The van der Waals surface area contributed by atoms with Crippen molar-refractivity contribution in [3.8, 4) is 23.3 Å². The van der Waals surface area contributed by atoms with E-state index in [0.29, 0.717) is 0 Å². The van der Waals surface area contributed by atoms with Crippen molar-refractivity contribution in [1.29, 1.82) is 0 Å². The summed E-state index contributed by atoms with van der Waals surface area (Å²) in [4.78, 5) is 42.2. The number of non-ortho nitro benzene ring substituents is 2. The highest BCUT2D eigenvalue weighted by atomic mass is 19.4. The second-order valence-corrected chi connectivity index (χ2v) is 11.4. The number of alkyl halides is 6. The Morgan fingerprint density at radius 2 is 1.06 bits per heavy atom. The molecule has 4 rings (SSSR count). The standard InChI is InChI=1S/C33H28F6N4O9/c1-17(9-19-11-25(32(34,35)36)29(49-3)40-15-19)23-13-21(42(45)46)5-7-27(23)51-31(44)52-28-8-6-22(43(47)48)14-24(28)18(2)10-20-12-26(33(37,38)39)30(50-4)41-16-20/h5-8,11-18H,9-10H2,1-4H3. The molecule has 13 nitrogen and oxygen atoms in total. The molecule has 0 N–H and O–H groups in total. The zero-order valence-corrected chi connectivity index (χ0v) is 27.6. The lowest BCUT2D eigenvalue weighted by Gasteiger charge is -2.19. The molecule has 0 radical (unpaired) electrons. The summed E-state index contributed by atoms with van der Waals surface area (Å²) in [7, 11) is 2.05. The molecule has 19 heteroatoms. The minimum atomic E-state index is -4.80. The molecule has 2 aromatic heterocycles. The Labute approximate surface area is 290 Å².